The number of aromatic nitrogens is 3. The fourth-order valence-electron chi connectivity index (χ4n) is 1.09. The molecule has 4 nitrogen and oxygen atoms in total. The smallest absolute Gasteiger partial charge is 0.170 e. The van der Waals surface area contributed by atoms with Gasteiger partial charge in [-0.25, -0.2) is 9.97 Å². The van der Waals surface area contributed by atoms with E-state index in [0.29, 0.717) is 5.82 Å². The first-order chi connectivity index (χ1) is 6.22. The minimum atomic E-state index is 0.496. The Morgan fingerprint density at radius 1 is 1.62 bits per heavy atom. The Morgan fingerprint density at radius 2 is 2.38 bits per heavy atom. The summed E-state index contributed by atoms with van der Waals surface area (Å²) >= 11 is 4.90. The number of nitrogens with two attached hydrogens (primary N) is 1. The summed E-state index contributed by atoms with van der Waals surface area (Å²) in [5, 5.41) is 0.839. The number of nitrogens with zero attached hydrogens (tertiary/aromatic N) is 3. The molecule has 2 aromatic rings. The summed E-state index contributed by atoms with van der Waals surface area (Å²) < 4.78 is 2.75. The van der Waals surface area contributed by atoms with Crippen molar-refractivity contribution in [3.05, 3.63) is 17.0 Å². The van der Waals surface area contributed by atoms with Crippen molar-refractivity contribution in [2.24, 2.45) is 0 Å². The van der Waals surface area contributed by atoms with Crippen LogP contribution in [0.4, 0.5) is 5.82 Å². The van der Waals surface area contributed by atoms with Gasteiger partial charge in [0.05, 0.1) is 12.4 Å². The van der Waals surface area contributed by atoms with Crippen molar-refractivity contribution < 1.29 is 0 Å². The molecule has 0 unspecified atom stereocenters. The fourth-order valence-corrected chi connectivity index (χ4v) is 1.99. The number of rotatable bonds is 1. The normalized spacial score (nSPS) is 10.9. The number of fused-ring (bicyclic) bond motifs is 1. The fraction of sp³-hybridized carbons (Fsp3) is 0.143. The third-order valence-electron chi connectivity index (χ3n) is 1.63. The van der Waals surface area contributed by atoms with Gasteiger partial charge in [-0.2, -0.15) is 0 Å². The molecule has 0 aliphatic heterocycles. The van der Waals surface area contributed by atoms with Crippen LogP contribution < -0.4 is 5.73 Å². The minimum Gasteiger partial charge on any atom is -0.382 e. The van der Waals surface area contributed by atoms with Crippen LogP contribution in [0, 0.1) is 0 Å². The van der Waals surface area contributed by atoms with Crippen LogP contribution in [0.3, 0.4) is 0 Å². The molecule has 0 bridgehead atoms. The molecule has 0 aromatic carbocycles. The van der Waals surface area contributed by atoms with Gasteiger partial charge in [-0.1, -0.05) is 0 Å². The number of imidazole rings is 1. The summed E-state index contributed by atoms with van der Waals surface area (Å²) in [6, 6.07) is 0. The molecule has 0 saturated heterocycles. The van der Waals surface area contributed by atoms with Gasteiger partial charge in [-0.3, -0.25) is 4.40 Å². The lowest BCUT2D eigenvalue weighted by Crippen LogP contribution is -1.97. The predicted molar refractivity (Wildman–Crippen MR) is 56.9 cm³/mol. The standard InChI is InChI=1S/C7H7BrN4S/c1-13-7-6-10-2-4(8)12(6)3-5(9)11-7/h2-3H,9H2,1H3. The van der Waals surface area contributed by atoms with Crippen LogP contribution in [0.15, 0.2) is 22.0 Å². The molecule has 0 spiro atoms. The first-order valence-electron chi connectivity index (χ1n) is 3.55. The van der Waals surface area contributed by atoms with Gasteiger partial charge in [0.2, 0.25) is 0 Å². The molecule has 0 fully saturated rings. The second-order valence-electron chi connectivity index (χ2n) is 2.45. The van der Waals surface area contributed by atoms with Crippen LogP contribution in [0.2, 0.25) is 0 Å². The van der Waals surface area contributed by atoms with E-state index in [1.807, 2.05) is 10.7 Å². The summed E-state index contributed by atoms with van der Waals surface area (Å²) in [6.45, 7) is 0. The maximum Gasteiger partial charge on any atom is 0.170 e. The summed E-state index contributed by atoms with van der Waals surface area (Å²) in [5.41, 5.74) is 6.46. The molecule has 0 saturated carbocycles. The van der Waals surface area contributed by atoms with E-state index in [1.54, 1.807) is 12.4 Å². The SMILES string of the molecule is CSc1nc(N)cn2c(Br)cnc12. The molecule has 68 valence electrons. The van der Waals surface area contributed by atoms with Crippen molar-refractivity contribution in [2.75, 3.05) is 12.0 Å². The Hall–Kier alpha value is -0.750. The first kappa shape index (κ1) is 8.83. The number of nitrogen functional groups attached to an aromatic ring is 1. The van der Waals surface area contributed by atoms with Crippen molar-refractivity contribution in [3.63, 3.8) is 0 Å². The van der Waals surface area contributed by atoms with Crippen molar-refractivity contribution in [3.8, 4) is 0 Å². The lowest BCUT2D eigenvalue weighted by atomic mass is 10.6. The lowest BCUT2D eigenvalue weighted by molar-refractivity contribution is 1.03. The van der Waals surface area contributed by atoms with Crippen LogP contribution in [-0.4, -0.2) is 20.6 Å². The first-order valence-corrected chi connectivity index (χ1v) is 5.57. The van der Waals surface area contributed by atoms with E-state index in [1.165, 1.54) is 11.8 Å². The quantitative estimate of drug-likeness (QED) is 0.793. The Morgan fingerprint density at radius 3 is 3.08 bits per heavy atom. The van der Waals surface area contributed by atoms with E-state index in [0.717, 1.165) is 15.3 Å². The summed E-state index contributed by atoms with van der Waals surface area (Å²) in [4.78, 5) is 8.38. The maximum atomic E-state index is 5.63. The molecule has 0 radical (unpaired) electrons. The average Bonchev–Trinajstić information content (AvgIpc) is 2.47. The third-order valence-corrected chi connectivity index (χ3v) is 2.88. The van der Waals surface area contributed by atoms with Gasteiger partial charge in [-0.05, 0) is 22.2 Å². The van der Waals surface area contributed by atoms with Crippen LogP contribution in [0.25, 0.3) is 5.65 Å². The van der Waals surface area contributed by atoms with Gasteiger partial charge in [0, 0.05) is 0 Å². The van der Waals surface area contributed by atoms with Crippen LogP contribution in [0.5, 0.6) is 0 Å². The second-order valence-corrected chi connectivity index (χ2v) is 4.06. The summed E-state index contributed by atoms with van der Waals surface area (Å²) in [6.07, 6.45) is 5.42. The van der Waals surface area contributed by atoms with E-state index in [9.17, 15) is 0 Å². The Balaban J connectivity index is 2.84. The topological polar surface area (TPSA) is 56.2 Å². The van der Waals surface area contributed by atoms with E-state index < -0.39 is 0 Å². The van der Waals surface area contributed by atoms with E-state index >= 15 is 0 Å². The molecular formula is C7H7BrN4S. The zero-order valence-corrected chi connectivity index (χ0v) is 9.26. The lowest BCUT2D eigenvalue weighted by Gasteiger charge is -2.01. The molecular weight excluding hydrogens is 252 g/mol. The number of hydrogen-bond donors (Lipinski definition) is 1. The van der Waals surface area contributed by atoms with Gasteiger partial charge < -0.3 is 5.73 Å². The Kier molecular flexibility index (Phi) is 2.17. The number of halogens is 1. The summed E-state index contributed by atoms with van der Waals surface area (Å²) in [5.74, 6) is 0.496. The van der Waals surface area contributed by atoms with E-state index in [2.05, 4.69) is 25.9 Å². The van der Waals surface area contributed by atoms with Crippen molar-refractivity contribution in [1.82, 2.24) is 14.4 Å². The van der Waals surface area contributed by atoms with Crippen molar-refractivity contribution in [2.45, 2.75) is 5.03 Å². The highest BCUT2D eigenvalue weighted by Crippen LogP contribution is 2.22. The third kappa shape index (κ3) is 1.40. The Bertz CT molecular complexity index is 453. The minimum absolute atomic E-state index is 0.496. The van der Waals surface area contributed by atoms with E-state index in [-0.39, 0.29) is 0 Å². The van der Waals surface area contributed by atoms with Crippen molar-refractivity contribution in [1.29, 1.82) is 0 Å². The Labute approximate surface area is 87.7 Å². The van der Waals surface area contributed by atoms with Gasteiger partial charge in [0.1, 0.15) is 15.4 Å². The molecule has 2 heterocycles. The molecule has 2 aromatic heterocycles. The highest BCUT2D eigenvalue weighted by molar-refractivity contribution is 9.10. The molecule has 0 atom stereocenters. The van der Waals surface area contributed by atoms with Crippen LogP contribution in [-0.2, 0) is 0 Å². The number of hydrogen-bond acceptors (Lipinski definition) is 4. The predicted octanol–water partition coefficient (Wildman–Crippen LogP) is 1.80. The molecule has 0 aliphatic carbocycles. The van der Waals surface area contributed by atoms with Gasteiger partial charge in [-0.15, -0.1) is 11.8 Å². The largest absolute Gasteiger partial charge is 0.382 e. The number of thioether (sulfide) groups is 1. The monoisotopic (exact) mass is 258 g/mol. The molecule has 2 N–H and O–H groups in total. The molecule has 2 rings (SSSR count). The zero-order chi connectivity index (χ0) is 9.42. The average molecular weight is 259 g/mol. The van der Waals surface area contributed by atoms with Gasteiger partial charge in [0.25, 0.3) is 0 Å². The van der Waals surface area contributed by atoms with Crippen molar-refractivity contribution >= 4 is 39.2 Å². The molecule has 0 amide bonds. The highest BCUT2D eigenvalue weighted by Gasteiger charge is 2.07. The molecule has 13 heavy (non-hydrogen) atoms. The molecule has 0 aliphatic rings. The van der Waals surface area contributed by atoms with Gasteiger partial charge >= 0.3 is 0 Å². The van der Waals surface area contributed by atoms with Gasteiger partial charge in [0.15, 0.2) is 5.65 Å². The summed E-state index contributed by atoms with van der Waals surface area (Å²) in [7, 11) is 0. The zero-order valence-electron chi connectivity index (χ0n) is 6.86. The molecule has 6 heteroatoms. The maximum absolute atomic E-state index is 5.63. The van der Waals surface area contributed by atoms with E-state index in [4.69, 9.17) is 5.73 Å². The highest BCUT2D eigenvalue weighted by atomic mass is 79.9. The number of anilines is 1. The van der Waals surface area contributed by atoms with Crippen LogP contribution in [0.1, 0.15) is 0 Å². The van der Waals surface area contributed by atoms with Crippen LogP contribution >= 0.6 is 27.7 Å². The second kappa shape index (κ2) is 3.19.